The lowest BCUT2D eigenvalue weighted by molar-refractivity contribution is -0.123. The molecule has 27 heavy (non-hydrogen) atoms. The molecule has 2 aromatic rings. The summed E-state index contributed by atoms with van der Waals surface area (Å²) >= 11 is 0. The van der Waals surface area contributed by atoms with Gasteiger partial charge < -0.3 is 15.4 Å². The molecule has 0 saturated carbocycles. The second kappa shape index (κ2) is 7.99. The third-order valence-electron chi connectivity index (χ3n) is 3.70. The molecule has 2 aromatic carbocycles. The third kappa shape index (κ3) is 5.13. The van der Waals surface area contributed by atoms with E-state index in [0.717, 1.165) is 6.07 Å². The van der Waals surface area contributed by atoms with Gasteiger partial charge in [0.15, 0.2) is 0 Å². The third-order valence-corrected chi connectivity index (χ3v) is 3.70. The van der Waals surface area contributed by atoms with Gasteiger partial charge in [-0.05, 0) is 36.4 Å². The summed E-state index contributed by atoms with van der Waals surface area (Å²) in [5.74, 6) is -2.11. The fourth-order valence-electron chi connectivity index (χ4n) is 2.12. The van der Waals surface area contributed by atoms with Gasteiger partial charge in [0.1, 0.15) is 5.82 Å². The molecule has 0 heterocycles. The van der Waals surface area contributed by atoms with Crippen LogP contribution in [-0.2, 0) is 9.53 Å². The number of benzene rings is 2. The first-order valence-corrected chi connectivity index (χ1v) is 8.22. The average Bonchev–Trinajstić information content (AvgIpc) is 2.62. The van der Waals surface area contributed by atoms with Crippen molar-refractivity contribution in [3.63, 3.8) is 0 Å². The van der Waals surface area contributed by atoms with Crippen LogP contribution < -0.4 is 10.6 Å². The number of methoxy groups -OCH3 is 1. The molecule has 0 bridgehead atoms. The van der Waals surface area contributed by atoms with Gasteiger partial charge in [0.05, 0.1) is 18.4 Å². The minimum Gasteiger partial charge on any atom is -0.465 e. The predicted octanol–water partition coefficient (Wildman–Crippen LogP) is 3.85. The maximum atomic E-state index is 14.0. The Bertz CT molecular complexity index is 888. The molecule has 2 rings (SSSR count). The van der Waals surface area contributed by atoms with Crippen molar-refractivity contribution in [3.8, 4) is 0 Å². The van der Waals surface area contributed by atoms with Crippen LogP contribution in [-0.4, -0.2) is 24.9 Å². The monoisotopic (exact) mass is 372 g/mol. The zero-order valence-corrected chi connectivity index (χ0v) is 15.6. The summed E-state index contributed by atoms with van der Waals surface area (Å²) in [4.78, 5) is 36.1. The number of esters is 1. The fourth-order valence-corrected chi connectivity index (χ4v) is 2.12. The summed E-state index contributed by atoms with van der Waals surface area (Å²) in [5, 5.41) is 5.15. The molecule has 0 aliphatic heterocycles. The van der Waals surface area contributed by atoms with E-state index in [1.807, 2.05) is 0 Å². The first-order chi connectivity index (χ1) is 12.6. The Labute approximate surface area is 156 Å². The van der Waals surface area contributed by atoms with Crippen LogP contribution in [0.5, 0.6) is 0 Å². The summed E-state index contributed by atoms with van der Waals surface area (Å²) in [5.41, 5.74) is 0.0544. The van der Waals surface area contributed by atoms with Gasteiger partial charge in [-0.2, -0.15) is 0 Å². The van der Waals surface area contributed by atoms with E-state index in [-0.39, 0.29) is 22.7 Å². The van der Waals surface area contributed by atoms with E-state index in [4.69, 9.17) is 0 Å². The van der Waals surface area contributed by atoms with Gasteiger partial charge in [0.25, 0.3) is 5.91 Å². The van der Waals surface area contributed by atoms with Crippen LogP contribution in [0.4, 0.5) is 15.8 Å². The van der Waals surface area contributed by atoms with Gasteiger partial charge in [-0.3, -0.25) is 9.59 Å². The molecule has 0 aromatic heterocycles. The van der Waals surface area contributed by atoms with Crippen molar-refractivity contribution in [2.75, 3.05) is 17.7 Å². The van der Waals surface area contributed by atoms with E-state index in [1.54, 1.807) is 32.9 Å². The first-order valence-electron chi connectivity index (χ1n) is 8.22. The number of amides is 2. The van der Waals surface area contributed by atoms with Crippen molar-refractivity contribution in [1.29, 1.82) is 0 Å². The highest BCUT2D eigenvalue weighted by atomic mass is 19.1. The second-order valence-corrected chi connectivity index (χ2v) is 6.93. The van der Waals surface area contributed by atoms with Crippen molar-refractivity contribution in [1.82, 2.24) is 0 Å². The van der Waals surface area contributed by atoms with E-state index >= 15 is 0 Å². The molecule has 0 aliphatic rings. The summed E-state index contributed by atoms with van der Waals surface area (Å²) in [7, 11) is 1.21. The van der Waals surface area contributed by atoms with Gasteiger partial charge in [-0.25, -0.2) is 9.18 Å². The molecule has 0 saturated heterocycles. The summed E-state index contributed by atoms with van der Waals surface area (Å²) in [6.45, 7) is 5.32. The van der Waals surface area contributed by atoms with Gasteiger partial charge in [-0.1, -0.05) is 26.8 Å². The normalized spacial score (nSPS) is 10.9. The Balaban J connectivity index is 2.21. The molecular formula is C20H21FN2O4. The fraction of sp³-hybridized carbons (Fsp3) is 0.250. The highest BCUT2D eigenvalue weighted by Crippen LogP contribution is 2.20. The van der Waals surface area contributed by atoms with Crippen molar-refractivity contribution in [2.24, 2.45) is 5.41 Å². The Kier molecular flexibility index (Phi) is 5.95. The van der Waals surface area contributed by atoms with E-state index < -0.39 is 23.1 Å². The number of anilines is 2. The summed E-state index contributed by atoms with van der Waals surface area (Å²) in [6, 6.07) is 9.81. The summed E-state index contributed by atoms with van der Waals surface area (Å²) < 4.78 is 18.6. The number of carbonyl (C=O) groups excluding carboxylic acids is 3. The number of ether oxygens (including phenoxy) is 1. The minimum atomic E-state index is -0.687. The maximum Gasteiger partial charge on any atom is 0.337 e. The molecule has 0 fully saturated rings. The molecule has 2 N–H and O–H groups in total. The highest BCUT2D eigenvalue weighted by molar-refractivity contribution is 6.06. The van der Waals surface area contributed by atoms with Crippen LogP contribution in [0.25, 0.3) is 0 Å². The Morgan fingerprint density at radius 2 is 1.67 bits per heavy atom. The molecule has 0 aliphatic carbocycles. The van der Waals surface area contributed by atoms with E-state index in [9.17, 15) is 18.8 Å². The van der Waals surface area contributed by atoms with E-state index in [2.05, 4.69) is 15.4 Å². The molecule has 0 spiro atoms. The Morgan fingerprint density at radius 3 is 2.30 bits per heavy atom. The number of nitrogens with one attached hydrogen (secondary N) is 2. The van der Waals surface area contributed by atoms with Gasteiger partial charge in [0, 0.05) is 16.7 Å². The molecule has 7 heteroatoms. The standard InChI is InChI=1S/C20H21FN2O4/c1-20(2,3)19(26)22-14-7-5-6-12(10-14)17(24)23-16-11-13(18(25)27-4)8-9-15(16)21/h5-11H,1-4H3,(H,22,26)(H,23,24). The van der Waals surface area contributed by atoms with Crippen molar-refractivity contribution < 1.29 is 23.5 Å². The molecule has 2 amide bonds. The Morgan fingerprint density at radius 1 is 0.963 bits per heavy atom. The minimum absolute atomic E-state index is 0.111. The number of hydrogen-bond acceptors (Lipinski definition) is 4. The van der Waals surface area contributed by atoms with Crippen LogP contribution in [0.15, 0.2) is 42.5 Å². The lowest BCUT2D eigenvalue weighted by Gasteiger charge is -2.18. The average molecular weight is 372 g/mol. The van der Waals surface area contributed by atoms with E-state index in [1.165, 1.54) is 31.4 Å². The van der Waals surface area contributed by atoms with Crippen LogP contribution in [0, 0.1) is 11.2 Å². The number of rotatable bonds is 4. The smallest absolute Gasteiger partial charge is 0.337 e. The predicted molar refractivity (Wildman–Crippen MR) is 100 cm³/mol. The van der Waals surface area contributed by atoms with Gasteiger partial charge >= 0.3 is 5.97 Å². The van der Waals surface area contributed by atoms with Crippen LogP contribution in [0.3, 0.4) is 0 Å². The zero-order valence-electron chi connectivity index (χ0n) is 15.6. The van der Waals surface area contributed by atoms with Gasteiger partial charge in [0.2, 0.25) is 5.91 Å². The molecule has 0 atom stereocenters. The van der Waals surface area contributed by atoms with Crippen LogP contribution in [0.1, 0.15) is 41.5 Å². The topological polar surface area (TPSA) is 84.5 Å². The van der Waals surface area contributed by atoms with Gasteiger partial charge in [-0.15, -0.1) is 0 Å². The molecular weight excluding hydrogens is 351 g/mol. The lowest BCUT2D eigenvalue weighted by Crippen LogP contribution is -2.27. The van der Waals surface area contributed by atoms with Crippen LogP contribution in [0.2, 0.25) is 0 Å². The van der Waals surface area contributed by atoms with Crippen molar-refractivity contribution in [2.45, 2.75) is 20.8 Å². The lowest BCUT2D eigenvalue weighted by atomic mass is 9.95. The number of hydrogen-bond donors (Lipinski definition) is 2. The SMILES string of the molecule is COC(=O)c1ccc(F)c(NC(=O)c2cccc(NC(=O)C(C)(C)C)c2)c1. The molecule has 0 radical (unpaired) electrons. The largest absolute Gasteiger partial charge is 0.465 e. The molecule has 0 unspecified atom stereocenters. The quantitative estimate of drug-likeness (QED) is 0.799. The van der Waals surface area contributed by atoms with Crippen molar-refractivity contribution >= 4 is 29.2 Å². The highest BCUT2D eigenvalue weighted by Gasteiger charge is 2.21. The van der Waals surface area contributed by atoms with Crippen molar-refractivity contribution in [3.05, 3.63) is 59.4 Å². The molecule has 142 valence electrons. The number of carbonyl (C=O) groups is 3. The van der Waals surface area contributed by atoms with Crippen LogP contribution >= 0.6 is 0 Å². The molecule has 6 nitrogen and oxygen atoms in total. The second-order valence-electron chi connectivity index (χ2n) is 6.93. The van der Waals surface area contributed by atoms with E-state index in [0.29, 0.717) is 5.69 Å². The number of halogens is 1. The zero-order chi connectivity index (χ0) is 20.2. The first kappa shape index (κ1) is 20.1. The summed E-state index contributed by atoms with van der Waals surface area (Å²) in [6.07, 6.45) is 0. The Hall–Kier alpha value is -3.22. The maximum absolute atomic E-state index is 14.0.